The van der Waals surface area contributed by atoms with Crippen LogP contribution in [0.15, 0.2) is 68.3 Å². The predicted octanol–water partition coefficient (Wildman–Crippen LogP) is 3.98. The van der Waals surface area contributed by atoms with Gasteiger partial charge in [-0.3, -0.25) is 14.5 Å². The van der Waals surface area contributed by atoms with Crippen LogP contribution >= 0.6 is 0 Å². The molecule has 0 radical (unpaired) electrons. The first-order valence-electron chi connectivity index (χ1n) is 8.62. The number of benzene rings is 2. The maximum atomic E-state index is 13.5. The fraction of sp³-hybridized carbons (Fsp3) is 0.0952. The lowest BCUT2D eigenvalue weighted by molar-refractivity contribution is 0.0969. The Morgan fingerprint density at radius 1 is 1.07 bits per heavy atom. The van der Waals surface area contributed by atoms with Gasteiger partial charge in [0.25, 0.3) is 5.91 Å². The molecule has 1 amide bonds. The third-order valence-corrected chi connectivity index (χ3v) is 4.83. The number of rotatable bonds is 2. The van der Waals surface area contributed by atoms with Crippen molar-refractivity contribution in [2.75, 3.05) is 4.90 Å². The number of hydrogen-bond donors (Lipinski definition) is 0. The molecular weight excluding hydrogens is 363 g/mol. The summed E-state index contributed by atoms with van der Waals surface area (Å²) in [6.07, 6.45) is 0. The summed E-state index contributed by atoms with van der Waals surface area (Å²) in [6.45, 7) is 1.70. The Hall–Kier alpha value is -3.74. The lowest BCUT2D eigenvalue weighted by Crippen LogP contribution is -2.29. The van der Waals surface area contributed by atoms with E-state index < -0.39 is 17.8 Å². The third-order valence-electron chi connectivity index (χ3n) is 4.83. The predicted molar refractivity (Wildman–Crippen MR) is 98.8 cm³/mol. The Kier molecular flexibility index (Phi) is 3.45. The minimum Gasteiger partial charge on any atom is -0.450 e. The molecule has 1 atom stereocenters. The Labute approximate surface area is 157 Å². The van der Waals surface area contributed by atoms with E-state index in [0.717, 1.165) is 0 Å². The fourth-order valence-electron chi connectivity index (χ4n) is 3.58. The smallest absolute Gasteiger partial charge is 0.296 e. The first kappa shape index (κ1) is 16.4. The molecule has 0 fully saturated rings. The molecule has 0 saturated carbocycles. The topological polar surface area (TPSA) is 76.6 Å². The SMILES string of the molecule is Cc1cc(N2C(=O)c3oc4ccccc4c(=O)c3[C@@H]2c2ccc(F)cc2)no1. The van der Waals surface area contributed by atoms with E-state index in [4.69, 9.17) is 8.94 Å². The molecule has 1 aliphatic heterocycles. The van der Waals surface area contributed by atoms with Gasteiger partial charge in [0.15, 0.2) is 11.2 Å². The number of halogens is 1. The summed E-state index contributed by atoms with van der Waals surface area (Å²) in [6, 6.07) is 13.2. The van der Waals surface area contributed by atoms with E-state index in [2.05, 4.69) is 5.16 Å². The van der Waals surface area contributed by atoms with Crippen LogP contribution in [0.25, 0.3) is 11.0 Å². The van der Waals surface area contributed by atoms with Gasteiger partial charge in [-0.2, -0.15) is 0 Å². The number of carbonyl (C=O) groups excluding carboxylic acids is 1. The summed E-state index contributed by atoms with van der Waals surface area (Å²) < 4.78 is 24.4. The first-order chi connectivity index (χ1) is 13.5. The summed E-state index contributed by atoms with van der Waals surface area (Å²) in [5.41, 5.74) is 0.797. The van der Waals surface area contributed by atoms with Crippen molar-refractivity contribution in [2.45, 2.75) is 13.0 Å². The zero-order chi connectivity index (χ0) is 19.4. The number of para-hydroxylation sites is 1. The van der Waals surface area contributed by atoms with Crippen molar-refractivity contribution >= 4 is 22.7 Å². The van der Waals surface area contributed by atoms with Gasteiger partial charge in [0, 0.05) is 6.07 Å². The number of fused-ring (bicyclic) bond motifs is 2. The summed E-state index contributed by atoms with van der Waals surface area (Å²) in [5.74, 6) is -0.186. The van der Waals surface area contributed by atoms with E-state index in [-0.39, 0.29) is 22.6 Å². The van der Waals surface area contributed by atoms with Crippen LogP contribution in [0.5, 0.6) is 0 Å². The van der Waals surface area contributed by atoms with Gasteiger partial charge in [-0.05, 0) is 36.8 Å². The van der Waals surface area contributed by atoms with Crippen molar-refractivity contribution in [1.29, 1.82) is 0 Å². The zero-order valence-corrected chi connectivity index (χ0v) is 14.7. The molecule has 1 aliphatic rings. The van der Waals surface area contributed by atoms with Crippen LogP contribution in [-0.4, -0.2) is 11.1 Å². The van der Waals surface area contributed by atoms with E-state index >= 15 is 0 Å². The Morgan fingerprint density at radius 2 is 1.82 bits per heavy atom. The van der Waals surface area contributed by atoms with E-state index in [1.54, 1.807) is 37.3 Å². The van der Waals surface area contributed by atoms with E-state index in [1.807, 2.05) is 0 Å². The van der Waals surface area contributed by atoms with Gasteiger partial charge < -0.3 is 8.94 Å². The number of aromatic nitrogens is 1. The highest BCUT2D eigenvalue weighted by atomic mass is 19.1. The summed E-state index contributed by atoms with van der Waals surface area (Å²) >= 11 is 0. The average molecular weight is 376 g/mol. The number of amides is 1. The highest BCUT2D eigenvalue weighted by Gasteiger charge is 2.44. The van der Waals surface area contributed by atoms with Gasteiger partial charge in [-0.25, -0.2) is 4.39 Å². The molecule has 28 heavy (non-hydrogen) atoms. The highest BCUT2D eigenvalue weighted by Crippen LogP contribution is 2.40. The molecule has 2 aromatic carbocycles. The fourth-order valence-corrected chi connectivity index (χ4v) is 3.58. The number of aryl methyl sites for hydroxylation is 1. The molecule has 7 heteroatoms. The van der Waals surface area contributed by atoms with E-state index in [0.29, 0.717) is 22.3 Å². The first-order valence-corrected chi connectivity index (χ1v) is 8.62. The normalized spacial score (nSPS) is 16.0. The minimum atomic E-state index is -0.798. The molecule has 0 unspecified atom stereocenters. The lowest BCUT2D eigenvalue weighted by Gasteiger charge is -2.22. The standard InChI is InChI=1S/C21H13FN2O4/c1-11-10-16(23-28-11)24-18(12-6-8-13(22)9-7-12)17-19(25)14-4-2-3-5-15(14)27-20(17)21(24)26/h2-10,18H,1H3/t18-/m0/s1. The van der Waals surface area contributed by atoms with Gasteiger partial charge in [0.05, 0.1) is 17.0 Å². The van der Waals surface area contributed by atoms with Crippen molar-refractivity contribution in [2.24, 2.45) is 0 Å². The van der Waals surface area contributed by atoms with Crippen molar-refractivity contribution in [1.82, 2.24) is 5.16 Å². The van der Waals surface area contributed by atoms with Gasteiger partial charge in [-0.1, -0.05) is 29.4 Å². The molecule has 3 heterocycles. The molecule has 6 nitrogen and oxygen atoms in total. The summed E-state index contributed by atoms with van der Waals surface area (Å²) in [7, 11) is 0. The zero-order valence-electron chi connectivity index (χ0n) is 14.7. The van der Waals surface area contributed by atoms with Crippen LogP contribution < -0.4 is 10.3 Å². The maximum Gasteiger partial charge on any atom is 0.296 e. The highest BCUT2D eigenvalue weighted by molar-refractivity contribution is 6.10. The minimum absolute atomic E-state index is 0.0429. The molecule has 5 rings (SSSR count). The molecule has 0 aliphatic carbocycles. The summed E-state index contributed by atoms with van der Waals surface area (Å²) in [4.78, 5) is 27.8. The summed E-state index contributed by atoms with van der Waals surface area (Å²) in [5, 5.41) is 4.31. The third kappa shape index (κ3) is 2.29. The number of carbonyl (C=O) groups is 1. The largest absolute Gasteiger partial charge is 0.450 e. The van der Waals surface area contributed by atoms with Crippen LogP contribution in [-0.2, 0) is 0 Å². The van der Waals surface area contributed by atoms with Crippen molar-refractivity contribution in [3.8, 4) is 0 Å². The van der Waals surface area contributed by atoms with E-state index in [1.165, 1.54) is 29.2 Å². The van der Waals surface area contributed by atoms with Gasteiger partial charge in [0.1, 0.15) is 17.2 Å². The molecule has 0 saturated heterocycles. The molecular formula is C21H13FN2O4. The van der Waals surface area contributed by atoms with Crippen LogP contribution in [0.4, 0.5) is 10.2 Å². The molecule has 4 aromatic rings. The van der Waals surface area contributed by atoms with Crippen LogP contribution in [0.3, 0.4) is 0 Å². The second kappa shape index (κ2) is 5.88. The molecule has 0 N–H and O–H groups in total. The Bertz CT molecular complexity index is 1290. The second-order valence-electron chi connectivity index (χ2n) is 6.60. The number of hydrogen-bond acceptors (Lipinski definition) is 5. The van der Waals surface area contributed by atoms with Crippen molar-refractivity contribution in [3.63, 3.8) is 0 Å². The Morgan fingerprint density at radius 3 is 2.54 bits per heavy atom. The number of nitrogens with zero attached hydrogens (tertiary/aromatic N) is 2. The van der Waals surface area contributed by atoms with Gasteiger partial charge >= 0.3 is 0 Å². The van der Waals surface area contributed by atoms with Crippen LogP contribution in [0.2, 0.25) is 0 Å². The van der Waals surface area contributed by atoms with Crippen molar-refractivity contribution < 1.29 is 18.1 Å². The maximum absolute atomic E-state index is 13.5. The van der Waals surface area contributed by atoms with Crippen LogP contribution in [0.1, 0.15) is 33.5 Å². The molecule has 0 bridgehead atoms. The Balaban J connectivity index is 1.82. The monoisotopic (exact) mass is 376 g/mol. The van der Waals surface area contributed by atoms with Gasteiger partial charge in [0.2, 0.25) is 5.76 Å². The second-order valence-corrected chi connectivity index (χ2v) is 6.60. The average Bonchev–Trinajstić information content (AvgIpc) is 3.24. The van der Waals surface area contributed by atoms with Crippen molar-refractivity contribution in [3.05, 3.63) is 93.3 Å². The number of anilines is 1. The molecule has 2 aromatic heterocycles. The lowest BCUT2D eigenvalue weighted by atomic mass is 9.98. The quantitative estimate of drug-likeness (QED) is 0.529. The van der Waals surface area contributed by atoms with E-state index in [9.17, 15) is 14.0 Å². The van der Waals surface area contributed by atoms with Gasteiger partial charge in [-0.15, -0.1) is 0 Å². The van der Waals surface area contributed by atoms with Crippen LogP contribution in [0, 0.1) is 12.7 Å². The molecule has 138 valence electrons. The molecule has 0 spiro atoms.